The monoisotopic (exact) mass is 410 g/mol. The normalized spacial score (nSPS) is 10.8. The van der Waals surface area contributed by atoms with E-state index in [1.54, 1.807) is 60.7 Å². The number of hydrogen-bond donors (Lipinski definition) is 2. The fourth-order valence-electron chi connectivity index (χ4n) is 3.00. The van der Waals surface area contributed by atoms with Gasteiger partial charge in [-0.25, -0.2) is 10.2 Å². The van der Waals surface area contributed by atoms with E-state index in [-0.39, 0.29) is 11.3 Å². The molecule has 6 heteroatoms. The molecule has 31 heavy (non-hydrogen) atoms. The molecule has 0 saturated carbocycles. The van der Waals surface area contributed by atoms with Crippen molar-refractivity contribution < 1.29 is 19.4 Å². The number of nitrogens with one attached hydrogen (secondary N) is 1. The van der Waals surface area contributed by atoms with E-state index >= 15 is 0 Å². The van der Waals surface area contributed by atoms with Crippen molar-refractivity contribution >= 4 is 28.9 Å². The van der Waals surface area contributed by atoms with Crippen molar-refractivity contribution in [1.29, 1.82) is 0 Å². The van der Waals surface area contributed by atoms with Crippen molar-refractivity contribution in [3.8, 4) is 11.5 Å². The van der Waals surface area contributed by atoms with Crippen LogP contribution >= 0.6 is 0 Å². The molecule has 4 aromatic rings. The van der Waals surface area contributed by atoms with E-state index in [0.29, 0.717) is 16.9 Å². The van der Waals surface area contributed by atoms with Gasteiger partial charge < -0.3 is 9.84 Å². The van der Waals surface area contributed by atoms with Crippen LogP contribution in [0.4, 0.5) is 0 Å². The summed E-state index contributed by atoms with van der Waals surface area (Å²) in [4.78, 5) is 24.4. The maximum atomic E-state index is 12.4. The fourth-order valence-corrected chi connectivity index (χ4v) is 3.00. The van der Waals surface area contributed by atoms with Gasteiger partial charge in [0.05, 0.1) is 17.3 Å². The highest BCUT2D eigenvalue weighted by molar-refractivity contribution is 6.01. The topological polar surface area (TPSA) is 88.0 Å². The van der Waals surface area contributed by atoms with Crippen LogP contribution < -0.4 is 10.2 Å². The van der Waals surface area contributed by atoms with E-state index in [4.69, 9.17) is 4.74 Å². The van der Waals surface area contributed by atoms with Gasteiger partial charge >= 0.3 is 5.97 Å². The summed E-state index contributed by atoms with van der Waals surface area (Å²) in [7, 11) is 0. The van der Waals surface area contributed by atoms with Gasteiger partial charge in [0.2, 0.25) is 0 Å². The quantitative estimate of drug-likeness (QED) is 0.219. The molecule has 1 amide bonds. The van der Waals surface area contributed by atoms with E-state index in [2.05, 4.69) is 10.5 Å². The predicted molar refractivity (Wildman–Crippen MR) is 119 cm³/mol. The van der Waals surface area contributed by atoms with Gasteiger partial charge in [0.25, 0.3) is 5.91 Å². The van der Waals surface area contributed by atoms with Crippen molar-refractivity contribution in [3.05, 3.63) is 108 Å². The third-order valence-corrected chi connectivity index (χ3v) is 4.59. The van der Waals surface area contributed by atoms with Gasteiger partial charge in [-0.1, -0.05) is 42.5 Å². The first-order valence-corrected chi connectivity index (χ1v) is 9.52. The number of benzene rings is 4. The van der Waals surface area contributed by atoms with Crippen LogP contribution in [-0.4, -0.2) is 23.2 Å². The van der Waals surface area contributed by atoms with Crippen LogP contribution in [0.3, 0.4) is 0 Å². The molecule has 2 N–H and O–H groups in total. The van der Waals surface area contributed by atoms with Gasteiger partial charge in [0, 0.05) is 0 Å². The molecular weight excluding hydrogens is 392 g/mol. The number of carbonyl (C=O) groups is 2. The molecule has 0 aliphatic carbocycles. The number of ether oxygens (including phenoxy) is 1. The number of phenols is 1. The summed E-state index contributed by atoms with van der Waals surface area (Å²) in [5.74, 6) is -0.676. The minimum atomic E-state index is -0.520. The first kappa shape index (κ1) is 19.8. The molecule has 0 heterocycles. The highest BCUT2D eigenvalue weighted by Crippen LogP contribution is 2.24. The summed E-state index contributed by atoms with van der Waals surface area (Å²) >= 11 is 0. The van der Waals surface area contributed by atoms with Crippen molar-refractivity contribution in [1.82, 2.24) is 5.43 Å². The lowest BCUT2D eigenvalue weighted by molar-refractivity contribution is 0.0734. The second-order valence-corrected chi connectivity index (χ2v) is 6.74. The number of carbonyl (C=O) groups excluding carboxylic acids is 2. The van der Waals surface area contributed by atoms with Crippen LogP contribution in [-0.2, 0) is 0 Å². The number of amides is 1. The average Bonchev–Trinajstić information content (AvgIpc) is 2.80. The van der Waals surface area contributed by atoms with Crippen LogP contribution in [0, 0.1) is 0 Å². The highest BCUT2D eigenvalue weighted by Gasteiger charge is 2.12. The third kappa shape index (κ3) is 4.76. The van der Waals surface area contributed by atoms with E-state index in [9.17, 15) is 14.7 Å². The molecule has 0 bridgehead atoms. The Morgan fingerprint density at radius 1 is 0.839 bits per heavy atom. The molecule has 0 aliphatic rings. The van der Waals surface area contributed by atoms with Crippen LogP contribution in [0.15, 0.2) is 96.1 Å². The van der Waals surface area contributed by atoms with E-state index in [1.807, 2.05) is 30.3 Å². The summed E-state index contributed by atoms with van der Waals surface area (Å²) in [6.45, 7) is 0. The largest absolute Gasteiger partial charge is 0.507 e. The Morgan fingerprint density at radius 3 is 2.19 bits per heavy atom. The van der Waals surface area contributed by atoms with Gasteiger partial charge in [-0.15, -0.1) is 0 Å². The second-order valence-electron chi connectivity index (χ2n) is 6.74. The zero-order chi connectivity index (χ0) is 21.6. The smallest absolute Gasteiger partial charge is 0.343 e. The Balaban J connectivity index is 1.38. The van der Waals surface area contributed by atoms with Gasteiger partial charge in [-0.05, 0) is 64.9 Å². The fraction of sp³-hybridized carbons (Fsp3) is 0. The standard InChI is InChI=1S/C25H18N2O4/c28-23-15-20-9-5-4-8-19(20)14-22(23)24(29)27-26-16-17-10-12-21(13-11-17)31-25(30)18-6-2-1-3-7-18/h1-16,28H,(H,27,29)/b26-16+. The molecule has 0 atom stereocenters. The Morgan fingerprint density at radius 2 is 1.48 bits per heavy atom. The minimum Gasteiger partial charge on any atom is -0.507 e. The van der Waals surface area contributed by atoms with Gasteiger partial charge in [-0.3, -0.25) is 4.79 Å². The number of nitrogens with zero attached hydrogens (tertiary/aromatic N) is 1. The number of phenolic OH excluding ortho intramolecular Hbond substituents is 1. The molecule has 0 radical (unpaired) electrons. The van der Waals surface area contributed by atoms with Crippen molar-refractivity contribution in [3.63, 3.8) is 0 Å². The lowest BCUT2D eigenvalue weighted by Gasteiger charge is -2.06. The SMILES string of the molecule is O=C(Oc1ccc(/C=N/NC(=O)c2cc3ccccc3cc2O)cc1)c1ccccc1. The summed E-state index contributed by atoms with van der Waals surface area (Å²) in [5, 5.41) is 15.7. The Labute approximate surface area is 178 Å². The minimum absolute atomic E-state index is 0.115. The Bertz CT molecular complexity index is 1270. The number of hydrogen-bond acceptors (Lipinski definition) is 5. The summed E-state index contributed by atoms with van der Waals surface area (Å²) in [5.41, 5.74) is 3.71. The summed E-state index contributed by atoms with van der Waals surface area (Å²) < 4.78 is 5.32. The van der Waals surface area contributed by atoms with Crippen LogP contribution in [0.25, 0.3) is 10.8 Å². The lowest BCUT2D eigenvalue weighted by Crippen LogP contribution is -2.17. The molecule has 4 rings (SSSR count). The second kappa shape index (κ2) is 8.92. The number of hydrazone groups is 1. The molecule has 0 saturated heterocycles. The van der Waals surface area contributed by atoms with Crippen LogP contribution in [0.1, 0.15) is 26.3 Å². The molecule has 4 aromatic carbocycles. The van der Waals surface area contributed by atoms with E-state index < -0.39 is 11.9 Å². The van der Waals surface area contributed by atoms with Crippen molar-refractivity contribution in [2.24, 2.45) is 5.10 Å². The Kier molecular flexibility index (Phi) is 5.71. The molecule has 0 spiro atoms. The first-order valence-electron chi connectivity index (χ1n) is 9.52. The molecule has 6 nitrogen and oxygen atoms in total. The van der Waals surface area contributed by atoms with Gasteiger partial charge in [-0.2, -0.15) is 5.10 Å². The van der Waals surface area contributed by atoms with Gasteiger partial charge in [0.15, 0.2) is 0 Å². The highest BCUT2D eigenvalue weighted by atomic mass is 16.5. The number of rotatable bonds is 5. The molecule has 0 aromatic heterocycles. The predicted octanol–water partition coefficient (Wildman–Crippen LogP) is 4.53. The van der Waals surface area contributed by atoms with Crippen LogP contribution in [0.2, 0.25) is 0 Å². The molecular formula is C25H18N2O4. The zero-order valence-corrected chi connectivity index (χ0v) is 16.4. The number of fused-ring (bicyclic) bond motifs is 1. The van der Waals surface area contributed by atoms with Crippen LogP contribution in [0.5, 0.6) is 11.5 Å². The average molecular weight is 410 g/mol. The third-order valence-electron chi connectivity index (χ3n) is 4.59. The van der Waals surface area contributed by atoms with Crippen molar-refractivity contribution in [2.75, 3.05) is 0 Å². The Hall–Kier alpha value is -4.45. The van der Waals surface area contributed by atoms with Gasteiger partial charge in [0.1, 0.15) is 11.5 Å². The number of aromatic hydroxyl groups is 1. The van der Waals surface area contributed by atoms with Crippen molar-refractivity contribution in [2.45, 2.75) is 0 Å². The van der Waals surface area contributed by atoms with E-state index in [0.717, 1.165) is 10.8 Å². The molecule has 0 fully saturated rings. The maximum absolute atomic E-state index is 12.4. The zero-order valence-electron chi connectivity index (χ0n) is 16.4. The molecule has 152 valence electrons. The molecule has 0 aliphatic heterocycles. The summed E-state index contributed by atoms with van der Waals surface area (Å²) in [6, 6.07) is 26.0. The molecule has 0 unspecified atom stereocenters. The number of esters is 1. The summed E-state index contributed by atoms with van der Waals surface area (Å²) in [6.07, 6.45) is 1.46. The lowest BCUT2D eigenvalue weighted by atomic mass is 10.1. The van der Waals surface area contributed by atoms with E-state index in [1.165, 1.54) is 6.21 Å². The maximum Gasteiger partial charge on any atom is 0.343 e. The first-order chi connectivity index (χ1) is 15.1.